The first-order chi connectivity index (χ1) is 9.79. The van der Waals surface area contributed by atoms with E-state index in [4.69, 9.17) is 18.0 Å². The third kappa shape index (κ3) is 3.46. The largest absolute Gasteiger partial charge is 0.433 e. The maximum absolute atomic E-state index is 12.7. The zero-order valence-corrected chi connectivity index (χ0v) is 11.7. The Bertz CT molecular complexity index is 672. The van der Waals surface area contributed by atoms with Crippen LogP contribution in [0.15, 0.2) is 36.5 Å². The number of hydrogen-bond donors (Lipinski definition) is 1. The Morgan fingerprint density at radius 1 is 1.29 bits per heavy atom. The van der Waals surface area contributed by atoms with Crippen LogP contribution >= 0.6 is 12.2 Å². The number of hydrogen-bond acceptors (Lipinski definition) is 4. The standard InChI is InChI=1S/C13H11F3N4S/c1-20(9-4-2-3-8(7-9)11(17)21)12-18-6-5-10(19-12)13(14,15)16/h2-7H,1H3,(H2,17,21). The molecule has 21 heavy (non-hydrogen) atoms. The molecule has 110 valence electrons. The first-order valence-electron chi connectivity index (χ1n) is 5.83. The van der Waals surface area contributed by atoms with Crippen LogP contribution in [0.2, 0.25) is 0 Å². The van der Waals surface area contributed by atoms with Gasteiger partial charge >= 0.3 is 6.18 Å². The monoisotopic (exact) mass is 312 g/mol. The number of thiocarbonyl (C=S) groups is 1. The summed E-state index contributed by atoms with van der Waals surface area (Å²) in [6.07, 6.45) is -3.45. The van der Waals surface area contributed by atoms with E-state index in [1.165, 1.54) is 4.90 Å². The summed E-state index contributed by atoms with van der Waals surface area (Å²) in [5.74, 6) is -0.0649. The summed E-state index contributed by atoms with van der Waals surface area (Å²) in [5.41, 5.74) is 5.74. The van der Waals surface area contributed by atoms with Crippen LogP contribution in [0.4, 0.5) is 24.8 Å². The molecule has 2 rings (SSSR count). The Balaban J connectivity index is 2.38. The number of nitrogens with two attached hydrogens (primary N) is 1. The van der Waals surface area contributed by atoms with Gasteiger partial charge < -0.3 is 10.6 Å². The van der Waals surface area contributed by atoms with E-state index < -0.39 is 11.9 Å². The molecule has 8 heteroatoms. The Kier molecular flexibility index (Phi) is 4.08. The lowest BCUT2D eigenvalue weighted by atomic mass is 10.2. The SMILES string of the molecule is CN(c1cccc(C(N)=S)c1)c1nccc(C(F)(F)F)n1. The molecule has 0 aliphatic rings. The third-order valence-electron chi connectivity index (χ3n) is 2.75. The molecule has 0 bridgehead atoms. The van der Waals surface area contributed by atoms with Crippen LogP contribution in [-0.4, -0.2) is 22.0 Å². The minimum absolute atomic E-state index is 0.0649. The number of nitrogens with zero attached hydrogens (tertiary/aromatic N) is 3. The molecule has 4 nitrogen and oxygen atoms in total. The van der Waals surface area contributed by atoms with E-state index in [0.717, 1.165) is 12.3 Å². The van der Waals surface area contributed by atoms with Crippen molar-refractivity contribution < 1.29 is 13.2 Å². The lowest BCUT2D eigenvalue weighted by Crippen LogP contribution is -2.17. The van der Waals surface area contributed by atoms with Crippen molar-refractivity contribution in [2.24, 2.45) is 5.73 Å². The average Bonchev–Trinajstić information content (AvgIpc) is 2.46. The number of halogens is 3. The highest BCUT2D eigenvalue weighted by molar-refractivity contribution is 7.80. The lowest BCUT2D eigenvalue weighted by Gasteiger charge is -2.18. The molecule has 1 heterocycles. The van der Waals surface area contributed by atoms with Gasteiger partial charge in [-0.05, 0) is 18.2 Å². The highest BCUT2D eigenvalue weighted by atomic mass is 32.1. The molecule has 0 atom stereocenters. The highest BCUT2D eigenvalue weighted by Crippen LogP contribution is 2.29. The average molecular weight is 312 g/mol. The van der Waals surface area contributed by atoms with Gasteiger partial charge in [0.1, 0.15) is 10.7 Å². The van der Waals surface area contributed by atoms with Gasteiger partial charge in [-0.1, -0.05) is 24.4 Å². The second-order valence-corrected chi connectivity index (χ2v) is 4.65. The predicted molar refractivity (Wildman–Crippen MR) is 77.4 cm³/mol. The van der Waals surface area contributed by atoms with E-state index in [-0.39, 0.29) is 10.9 Å². The van der Waals surface area contributed by atoms with Gasteiger partial charge in [-0.3, -0.25) is 0 Å². The number of anilines is 2. The van der Waals surface area contributed by atoms with Crippen molar-refractivity contribution in [3.63, 3.8) is 0 Å². The molecule has 0 aliphatic heterocycles. The molecular formula is C13H11F3N4S. The summed E-state index contributed by atoms with van der Waals surface area (Å²) in [7, 11) is 1.56. The van der Waals surface area contributed by atoms with Crippen LogP contribution in [0.3, 0.4) is 0 Å². The summed E-state index contributed by atoms with van der Waals surface area (Å²) >= 11 is 4.87. The smallest absolute Gasteiger partial charge is 0.389 e. The van der Waals surface area contributed by atoms with E-state index in [9.17, 15) is 13.2 Å². The quantitative estimate of drug-likeness (QED) is 0.883. The highest BCUT2D eigenvalue weighted by Gasteiger charge is 2.33. The molecule has 0 radical (unpaired) electrons. The zero-order chi connectivity index (χ0) is 15.6. The summed E-state index contributed by atoms with van der Waals surface area (Å²) in [4.78, 5) is 9.01. The van der Waals surface area contributed by atoms with Crippen molar-refractivity contribution in [1.29, 1.82) is 0 Å². The molecule has 2 aromatic rings. The molecule has 2 N–H and O–H groups in total. The van der Waals surface area contributed by atoms with Crippen molar-refractivity contribution in [2.45, 2.75) is 6.18 Å². The molecule has 0 amide bonds. The van der Waals surface area contributed by atoms with Crippen molar-refractivity contribution >= 4 is 28.8 Å². The Morgan fingerprint density at radius 3 is 2.62 bits per heavy atom. The van der Waals surface area contributed by atoms with Crippen molar-refractivity contribution in [3.05, 3.63) is 47.8 Å². The summed E-state index contributed by atoms with van der Waals surface area (Å²) in [6.45, 7) is 0. The van der Waals surface area contributed by atoms with E-state index >= 15 is 0 Å². The normalized spacial score (nSPS) is 11.2. The van der Waals surface area contributed by atoms with Gasteiger partial charge in [-0.2, -0.15) is 13.2 Å². The minimum Gasteiger partial charge on any atom is -0.389 e. The summed E-state index contributed by atoms with van der Waals surface area (Å²) in [5, 5.41) is 0. The van der Waals surface area contributed by atoms with E-state index in [0.29, 0.717) is 11.3 Å². The van der Waals surface area contributed by atoms with Gasteiger partial charge in [0.05, 0.1) is 0 Å². The molecule has 0 saturated heterocycles. The molecular weight excluding hydrogens is 301 g/mol. The molecule has 0 unspecified atom stereocenters. The molecule has 0 spiro atoms. The van der Waals surface area contributed by atoms with Crippen LogP contribution in [0.5, 0.6) is 0 Å². The maximum Gasteiger partial charge on any atom is 0.433 e. The van der Waals surface area contributed by atoms with Crippen LogP contribution < -0.4 is 10.6 Å². The van der Waals surface area contributed by atoms with Crippen molar-refractivity contribution in [1.82, 2.24) is 9.97 Å². The maximum atomic E-state index is 12.7. The van der Waals surface area contributed by atoms with Gasteiger partial charge in [-0.25, -0.2) is 9.97 Å². The van der Waals surface area contributed by atoms with Crippen LogP contribution in [0.1, 0.15) is 11.3 Å². The number of alkyl halides is 3. The van der Waals surface area contributed by atoms with E-state index in [1.54, 1.807) is 31.3 Å². The summed E-state index contributed by atoms with van der Waals surface area (Å²) < 4.78 is 38.0. The van der Waals surface area contributed by atoms with Crippen molar-refractivity contribution in [3.8, 4) is 0 Å². The van der Waals surface area contributed by atoms with Crippen LogP contribution in [0.25, 0.3) is 0 Å². The lowest BCUT2D eigenvalue weighted by molar-refractivity contribution is -0.141. The van der Waals surface area contributed by atoms with Crippen LogP contribution in [-0.2, 0) is 6.18 Å². The van der Waals surface area contributed by atoms with Gasteiger partial charge in [0.15, 0.2) is 0 Å². The van der Waals surface area contributed by atoms with E-state index in [1.807, 2.05) is 0 Å². The number of aromatic nitrogens is 2. The van der Waals surface area contributed by atoms with Gasteiger partial charge in [0.25, 0.3) is 0 Å². The van der Waals surface area contributed by atoms with Gasteiger partial charge in [0, 0.05) is 24.5 Å². The minimum atomic E-state index is -4.51. The molecule has 0 saturated carbocycles. The topological polar surface area (TPSA) is 55.0 Å². The molecule has 0 fully saturated rings. The second-order valence-electron chi connectivity index (χ2n) is 4.21. The fourth-order valence-corrected chi connectivity index (χ4v) is 1.78. The fraction of sp³-hybridized carbons (Fsp3) is 0.154. The molecule has 1 aromatic heterocycles. The van der Waals surface area contributed by atoms with Crippen molar-refractivity contribution in [2.75, 3.05) is 11.9 Å². The van der Waals surface area contributed by atoms with Crippen LogP contribution in [0, 0.1) is 0 Å². The number of benzene rings is 1. The van der Waals surface area contributed by atoms with Gasteiger partial charge in [-0.15, -0.1) is 0 Å². The van der Waals surface area contributed by atoms with Gasteiger partial charge in [0.2, 0.25) is 5.95 Å². The van der Waals surface area contributed by atoms with E-state index in [2.05, 4.69) is 9.97 Å². The molecule has 0 aliphatic carbocycles. The Morgan fingerprint density at radius 2 is 2.00 bits per heavy atom. The summed E-state index contributed by atoms with van der Waals surface area (Å²) in [6, 6.07) is 7.60. The zero-order valence-electron chi connectivity index (χ0n) is 10.9. The fourth-order valence-electron chi connectivity index (χ4n) is 1.65. The number of rotatable bonds is 3. The predicted octanol–water partition coefficient (Wildman–Crippen LogP) is 2.90. The molecule has 1 aromatic carbocycles. The second kappa shape index (κ2) is 5.65. The third-order valence-corrected chi connectivity index (χ3v) is 2.99. The Labute approximate surface area is 124 Å². The first kappa shape index (κ1) is 15.2. The first-order valence-corrected chi connectivity index (χ1v) is 6.23. The Hall–Kier alpha value is -2.22.